The summed E-state index contributed by atoms with van der Waals surface area (Å²) in [4.78, 5) is 16.5. The fraction of sp³-hybridized carbons (Fsp3) is 0.111. The summed E-state index contributed by atoms with van der Waals surface area (Å²) < 4.78 is 27.2. The van der Waals surface area contributed by atoms with Crippen LogP contribution in [0.5, 0.6) is 0 Å². The number of anilines is 2. The van der Waals surface area contributed by atoms with E-state index < -0.39 is 10.0 Å². The number of carbonyl (C=O) groups is 1. The lowest BCUT2D eigenvalue weighted by atomic mass is 10.2. The topological polar surface area (TPSA) is 88.2 Å². The van der Waals surface area contributed by atoms with Crippen LogP contribution >= 0.6 is 34.5 Å². The van der Waals surface area contributed by atoms with Gasteiger partial charge in [-0.1, -0.05) is 29.3 Å². The standard InChI is InChI=1S/C18H15Cl2N3O3S2/c1-11-2-3-13(20)8-16(11)22-17(24)9-14-10-27-18(21-14)23-28(25,26)15-6-4-12(19)5-7-15/h2-8,10H,9H2,1H3,(H,21,23)(H,22,24). The highest BCUT2D eigenvalue weighted by Crippen LogP contribution is 2.23. The molecule has 10 heteroatoms. The van der Waals surface area contributed by atoms with E-state index in [2.05, 4.69) is 15.0 Å². The van der Waals surface area contributed by atoms with Gasteiger partial charge in [0.1, 0.15) is 0 Å². The average Bonchev–Trinajstić information content (AvgIpc) is 3.04. The van der Waals surface area contributed by atoms with Crippen LogP contribution in [0.4, 0.5) is 10.8 Å². The Morgan fingerprint density at radius 1 is 1.11 bits per heavy atom. The molecule has 1 heterocycles. The summed E-state index contributed by atoms with van der Waals surface area (Å²) in [7, 11) is -3.78. The molecule has 3 rings (SSSR count). The number of hydrogen-bond donors (Lipinski definition) is 2. The number of nitrogens with one attached hydrogen (secondary N) is 2. The van der Waals surface area contributed by atoms with E-state index in [9.17, 15) is 13.2 Å². The maximum atomic E-state index is 12.4. The zero-order valence-corrected chi connectivity index (χ0v) is 17.7. The molecule has 2 N–H and O–H groups in total. The van der Waals surface area contributed by atoms with Crippen LogP contribution in [0.1, 0.15) is 11.3 Å². The first-order valence-electron chi connectivity index (χ1n) is 8.02. The Labute approximate surface area is 176 Å². The van der Waals surface area contributed by atoms with E-state index in [-0.39, 0.29) is 22.4 Å². The molecule has 0 fully saturated rings. The van der Waals surface area contributed by atoms with Crippen molar-refractivity contribution in [3.63, 3.8) is 0 Å². The Kier molecular flexibility index (Phi) is 6.24. The lowest BCUT2D eigenvalue weighted by molar-refractivity contribution is -0.115. The second-order valence-corrected chi connectivity index (χ2v) is 9.30. The fourth-order valence-electron chi connectivity index (χ4n) is 2.31. The maximum absolute atomic E-state index is 12.4. The minimum atomic E-state index is -3.78. The number of aryl methyl sites for hydroxylation is 1. The summed E-state index contributed by atoms with van der Waals surface area (Å²) in [6.07, 6.45) is 0.00509. The van der Waals surface area contributed by atoms with Gasteiger partial charge in [0.2, 0.25) is 5.91 Å². The average molecular weight is 456 g/mol. The van der Waals surface area contributed by atoms with Crippen molar-refractivity contribution in [3.8, 4) is 0 Å². The molecule has 0 spiro atoms. The lowest BCUT2D eigenvalue weighted by Crippen LogP contribution is -2.16. The van der Waals surface area contributed by atoms with E-state index in [1.807, 2.05) is 13.0 Å². The molecule has 1 aromatic heterocycles. The molecule has 146 valence electrons. The Bertz CT molecular complexity index is 1110. The third-order valence-electron chi connectivity index (χ3n) is 3.71. The summed E-state index contributed by atoms with van der Waals surface area (Å²) in [6, 6.07) is 11.0. The van der Waals surface area contributed by atoms with Crippen LogP contribution < -0.4 is 10.0 Å². The minimum Gasteiger partial charge on any atom is -0.325 e. The molecule has 2 aromatic carbocycles. The molecule has 0 atom stereocenters. The van der Waals surface area contributed by atoms with E-state index in [0.29, 0.717) is 21.4 Å². The van der Waals surface area contributed by atoms with E-state index in [1.165, 1.54) is 24.3 Å². The molecule has 3 aromatic rings. The van der Waals surface area contributed by atoms with Crippen LogP contribution in [0.2, 0.25) is 10.0 Å². The van der Waals surface area contributed by atoms with Crippen molar-refractivity contribution < 1.29 is 13.2 Å². The number of nitrogens with zero attached hydrogens (tertiary/aromatic N) is 1. The van der Waals surface area contributed by atoms with Gasteiger partial charge in [-0.05, 0) is 48.9 Å². The van der Waals surface area contributed by atoms with E-state index in [1.54, 1.807) is 17.5 Å². The third-order valence-corrected chi connectivity index (χ3v) is 6.49. The van der Waals surface area contributed by atoms with Gasteiger partial charge in [0.25, 0.3) is 10.0 Å². The summed E-state index contributed by atoms with van der Waals surface area (Å²) in [6.45, 7) is 1.86. The van der Waals surface area contributed by atoms with Crippen molar-refractivity contribution in [2.75, 3.05) is 10.0 Å². The third kappa shape index (κ3) is 5.23. The second kappa shape index (κ2) is 8.48. The molecular weight excluding hydrogens is 441 g/mol. The highest BCUT2D eigenvalue weighted by molar-refractivity contribution is 7.93. The predicted octanol–water partition coefficient (Wildman–Crippen LogP) is 4.74. The Morgan fingerprint density at radius 3 is 2.50 bits per heavy atom. The number of benzene rings is 2. The first-order valence-corrected chi connectivity index (χ1v) is 11.1. The van der Waals surface area contributed by atoms with Gasteiger partial charge >= 0.3 is 0 Å². The van der Waals surface area contributed by atoms with Crippen molar-refractivity contribution >= 4 is 61.3 Å². The number of halogens is 2. The molecule has 0 aliphatic rings. The predicted molar refractivity (Wildman–Crippen MR) is 113 cm³/mol. The van der Waals surface area contributed by atoms with Crippen LogP contribution in [-0.4, -0.2) is 19.3 Å². The van der Waals surface area contributed by atoms with E-state index in [4.69, 9.17) is 23.2 Å². The Morgan fingerprint density at radius 2 is 1.79 bits per heavy atom. The van der Waals surface area contributed by atoms with Crippen molar-refractivity contribution in [2.45, 2.75) is 18.2 Å². The molecule has 0 radical (unpaired) electrons. The monoisotopic (exact) mass is 455 g/mol. The zero-order valence-electron chi connectivity index (χ0n) is 14.6. The Hall–Kier alpha value is -2.13. The molecule has 0 aliphatic heterocycles. The molecule has 1 amide bonds. The molecule has 0 aliphatic carbocycles. The molecule has 0 bridgehead atoms. The number of sulfonamides is 1. The molecule has 28 heavy (non-hydrogen) atoms. The number of amides is 1. The minimum absolute atomic E-state index is 0.00509. The largest absolute Gasteiger partial charge is 0.325 e. The first-order chi connectivity index (χ1) is 13.2. The maximum Gasteiger partial charge on any atom is 0.263 e. The smallest absolute Gasteiger partial charge is 0.263 e. The number of carbonyl (C=O) groups excluding carboxylic acids is 1. The molecule has 0 saturated heterocycles. The van der Waals surface area contributed by atoms with Gasteiger partial charge in [-0.3, -0.25) is 9.52 Å². The van der Waals surface area contributed by atoms with Crippen LogP contribution in [-0.2, 0) is 21.2 Å². The van der Waals surface area contributed by atoms with Crippen LogP contribution in [0.15, 0.2) is 52.7 Å². The second-order valence-electron chi connectivity index (χ2n) is 5.89. The normalized spacial score (nSPS) is 11.2. The summed E-state index contributed by atoms with van der Waals surface area (Å²) in [5.41, 5.74) is 1.96. The molecule has 6 nitrogen and oxygen atoms in total. The van der Waals surface area contributed by atoms with E-state index >= 15 is 0 Å². The van der Waals surface area contributed by atoms with Gasteiger partial charge in [0.15, 0.2) is 5.13 Å². The van der Waals surface area contributed by atoms with Gasteiger partial charge in [-0.15, -0.1) is 11.3 Å². The highest BCUT2D eigenvalue weighted by Gasteiger charge is 2.17. The SMILES string of the molecule is Cc1ccc(Cl)cc1NC(=O)Cc1csc(NS(=O)(=O)c2ccc(Cl)cc2)n1. The van der Waals surface area contributed by atoms with Crippen LogP contribution in [0.3, 0.4) is 0 Å². The van der Waals surface area contributed by atoms with Gasteiger partial charge in [-0.2, -0.15) is 0 Å². The summed E-state index contributed by atoms with van der Waals surface area (Å²) in [5.74, 6) is -0.275. The molecule has 0 unspecified atom stereocenters. The summed E-state index contributed by atoms with van der Waals surface area (Å²) >= 11 is 12.8. The number of thiazole rings is 1. The van der Waals surface area contributed by atoms with Gasteiger partial charge in [0.05, 0.1) is 17.0 Å². The van der Waals surface area contributed by atoms with Crippen molar-refractivity contribution in [2.24, 2.45) is 0 Å². The number of aromatic nitrogens is 1. The highest BCUT2D eigenvalue weighted by atomic mass is 35.5. The van der Waals surface area contributed by atoms with Crippen LogP contribution in [0, 0.1) is 6.92 Å². The zero-order chi connectivity index (χ0) is 20.3. The van der Waals surface area contributed by atoms with Crippen molar-refractivity contribution in [1.82, 2.24) is 4.98 Å². The Balaban J connectivity index is 1.66. The van der Waals surface area contributed by atoms with Gasteiger partial charge in [0, 0.05) is 21.1 Å². The van der Waals surface area contributed by atoms with Crippen molar-refractivity contribution in [1.29, 1.82) is 0 Å². The first kappa shape index (κ1) is 20.6. The summed E-state index contributed by atoms with van der Waals surface area (Å²) in [5, 5.41) is 5.55. The number of rotatable bonds is 6. The van der Waals surface area contributed by atoms with Gasteiger partial charge < -0.3 is 5.32 Å². The number of hydrogen-bond acceptors (Lipinski definition) is 5. The van der Waals surface area contributed by atoms with Crippen molar-refractivity contribution in [3.05, 3.63) is 69.1 Å². The molecular formula is C18H15Cl2N3O3S2. The molecule has 0 saturated carbocycles. The van der Waals surface area contributed by atoms with Gasteiger partial charge in [-0.25, -0.2) is 13.4 Å². The van der Waals surface area contributed by atoms with E-state index in [0.717, 1.165) is 16.9 Å². The lowest BCUT2D eigenvalue weighted by Gasteiger charge is -2.08. The van der Waals surface area contributed by atoms with Crippen LogP contribution in [0.25, 0.3) is 0 Å². The quantitative estimate of drug-likeness (QED) is 0.561. The fourth-order valence-corrected chi connectivity index (χ4v) is 4.57.